The molecule has 0 saturated carbocycles. The van der Waals surface area contributed by atoms with Gasteiger partial charge in [-0.15, -0.1) is 0 Å². The molecule has 3 aromatic rings. The summed E-state index contributed by atoms with van der Waals surface area (Å²) in [4.78, 5) is 6.92. The number of nitrogens with zero attached hydrogens (tertiary/aromatic N) is 4. The van der Waals surface area contributed by atoms with Crippen molar-refractivity contribution in [3.8, 4) is 0 Å². The second-order valence-electron chi connectivity index (χ2n) is 7.03. The van der Waals surface area contributed by atoms with Crippen LogP contribution in [-0.2, 0) is 16.4 Å². The van der Waals surface area contributed by atoms with E-state index < -0.39 is 10.0 Å². The van der Waals surface area contributed by atoms with E-state index in [2.05, 4.69) is 15.0 Å². The molecule has 1 atom stereocenters. The Kier molecular flexibility index (Phi) is 5.18. The maximum Gasteiger partial charge on any atom is 0.243 e. The van der Waals surface area contributed by atoms with E-state index in [1.165, 1.54) is 0 Å². The Bertz CT molecular complexity index is 1070. The number of benzene rings is 2. The zero-order valence-corrected chi connectivity index (χ0v) is 16.9. The van der Waals surface area contributed by atoms with Crippen LogP contribution in [0.3, 0.4) is 0 Å². The second kappa shape index (κ2) is 7.62. The van der Waals surface area contributed by atoms with Crippen molar-refractivity contribution in [1.82, 2.24) is 19.3 Å². The number of fused-ring (bicyclic) bond motifs is 1. The standard InChI is InChI=1S/C20H24N4O3S/c1-3-19-21-20(27-22-19)15(2)23-10-12-24(13-11-23)28(25,26)18-9-8-16-6-4-5-7-17(16)14-18/h4-9,14-15H,3,10-13H2,1-2H3/t15-/m1/s1. The third-order valence-corrected chi connectivity index (χ3v) is 7.23. The maximum atomic E-state index is 13.1. The highest BCUT2D eigenvalue weighted by Gasteiger charge is 2.31. The highest BCUT2D eigenvalue weighted by Crippen LogP contribution is 2.25. The van der Waals surface area contributed by atoms with Gasteiger partial charge >= 0.3 is 0 Å². The summed E-state index contributed by atoms with van der Waals surface area (Å²) >= 11 is 0. The fourth-order valence-electron chi connectivity index (χ4n) is 3.55. The summed E-state index contributed by atoms with van der Waals surface area (Å²) < 4.78 is 33.1. The van der Waals surface area contributed by atoms with Crippen LogP contribution >= 0.6 is 0 Å². The van der Waals surface area contributed by atoms with Crippen LogP contribution in [-0.4, -0.2) is 53.9 Å². The normalized spacial score (nSPS) is 17.8. The van der Waals surface area contributed by atoms with Crippen molar-refractivity contribution < 1.29 is 12.9 Å². The van der Waals surface area contributed by atoms with Gasteiger partial charge < -0.3 is 4.52 Å². The molecule has 1 aliphatic rings. The summed E-state index contributed by atoms with van der Waals surface area (Å²) in [5, 5.41) is 5.91. The van der Waals surface area contributed by atoms with Crippen molar-refractivity contribution in [1.29, 1.82) is 0 Å². The van der Waals surface area contributed by atoms with Gasteiger partial charge in [0, 0.05) is 32.6 Å². The van der Waals surface area contributed by atoms with Crippen LogP contribution in [0.2, 0.25) is 0 Å². The molecule has 0 unspecified atom stereocenters. The quantitative estimate of drug-likeness (QED) is 0.655. The fraction of sp³-hybridized carbons (Fsp3) is 0.400. The van der Waals surface area contributed by atoms with Gasteiger partial charge in [-0.25, -0.2) is 8.42 Å². The van der Waals surface area contributed by atoms with Gasteiger partial charge in [-0.2, -0.15) is 9.29 Å². The van der Waals surface area contributed by atoms with Crippen molar-refractivity contribution in [2.24, 2.45) is 0 Å². The molecule has 2 aromatic carbocycles. The predicted octanol–water partition coefficient (Wildman–Crippen LogP) is 2.85. The summed E-state index contributed by atoms with van der Waals surface area (Å²) in [6, 6.07) is 13.1. The summed E-state index contributed by atoms with van der Waals surface area (Å²) in [6.45, 7) is 6.12. The van der Waals surface area contributed by atoms with E-state index in [-0.39, 0.29) is 6.04 Å². The van der Waals surface area contributed by atoms with Crippen molar-refractivity contribution in [3.05, 3.63) is 54.2 Å². The lowest BCUT2D eigenvalue weighted by Crippen LogP contribution is -2.49. The molecule has 0 aliphatic carbocycles. The van der Waals surface area contributed by atoms with E-state index in [1.54, 1.807) is 16.4 Å². The monoisotopic (exact) mass is 400 g/mol. The predicted molar refractivity (Wildman–Crippen MR) is 106 cm³/mol. The van der Waals surface area contributed by atoms with Gasteiger partial charge in [0.05, 0.1) is 10.9 Å². The van der Waals surface area contributed by atoms with Crippen LogP contribution in [0.15, 0.2) is 51.9 Å². The van der Waals surface area contributed by atoms with Crippen molar-refractivity contribution in [2.75, 3.05) is 26.2 Å². The molecule has 0 N–H and O–H groups in total. The molecule has 8 heteroatoms. The second-order valence-corrected chi connectivity index (χ2v) is 8.97. The largest absolute Gasteiger partial charge is 0.338 e. The molecule has 28 heavy (non-hydrogen) atoms. The SMILES string of the molecule is CCc1noc([C@@H](C)N2CCN(S(=O)(=O)c3ccc4ccccc4c3)CC2)n1. The van der Waals surface area contributed by atoms with E-state index in [4.69, 9.17) is 4.52 Å². The molecule has 0 bridgehead atoms. The first-order valence-corrected chi connectivity index (χ1v) is 11.0. The number of rotatable bonds is 5. The van der Waals surface area contributed by atoms with Crippen molar-refractivity contribution in [3.63, 3.8) is 0 Å². The lowest BCUT2D eigenvalue weighted by molar-refractivity contribution is 0.124. The van der Waals surface area contributed by atoms with Gasteiger partial charge in [0.1, 0.15) is 0 Å². The van der Waals surface area contributed by atoms with Gasteiger partial charge in [-0.3, -0.25) is 4.90 Å². The first kappa shape index (κ1) is 19.0. The minimum atomic E-state index is -3.51. The number of aryl methyl sites for hydroxylation is 1. The van der Waals surface area contributed by atoms with E-state index in [0.29, 0.717) is 42.8 Å². The van der Waals surface area contributed by atoms with Crippen LogP contribution < -0.4 is 0 Å². The van der Waals surface area contributed by atoms with E-state index in [0.717, 1.165) is 17.2 Å². The molecule has 0 radical (unpaired) electrons. The van der Waals surface area contributed by atoms with Crippen LogP contribution in [0.5, 0.6) is 0 Å². The summed E-state index contributed by atoms with van der Waals surface area (Å²) in [5.41, 5.74) is 0. The molecule has 1 aliphatic heterocycles. The Labute approximate surface area is 165 Å². The zero-order chi connectivity index (χ0) is 19.7. The molecule has 0 amide bonds. The van der Waals surface area contributed by atoms with E-state index >= 15 is 0 Å². The lowest BCUT2D eigenvalue weighted by Gasteiger charge is -2.36. The van der Waals surface area contributed by atoms with Crippen LogP contribution in [0.4, 0.5) is 0 Å². The number of piperazine rings is 1. The Morgan fingerprint density at radius 2 is 1.79 bits per heavy atom. The van der Waals surface area contributed by atoms with Crippen molar-refractivity contribution in [2.45, 2.75) is 31.2 Å². The lowest BCUT2D eigenvalue weighted by atomic mass is 10.1. The molecule has 1 aromatic heterocycles. The smallest absolute Gasteiger partial charge is 0.243 e. The maximum absolute atomic E-state index is 13.1. The molecule has 1 fully saturated rings. The fourth-order valence-corrected chi connectivity index (χ4v) is 5.00. The molecule has 1 saturated heterocycles. The molecule has 7 nitrogen and oxygen atoms in total. The van der Waals surface area contributed by atoms with Crippen LogP contribution in [0, 0.1) is 0 Å². The Hall–Kier alpha value is -2.29. The molecule has 0 spiro atoms. The van der Waals surface area contributed by atoms with E-state index in [1.807, 2.05) is 44.2 Å². The van der Waals surface area contributed by atoms with Gasteiger partial charge in [0.15, 0.2) is 5.82 Å². The van der Waals surface area contributed by atoms with E-state index in [9.17, 15) is 8.42 Å². The Morgan fingerprint density at radius 3 is 2.46 bits per heavy atom. The van der Waals surface area contributed by atoms with Crippen LogP contribution in [0.25, 0.3) is 10.8 Å². The molecular weight excluding hydrogens is 376 g/mol. The first-order valence-electron chi connectivity index (χ1n) is 9.54. The summed E-state index contributed by atoms with van der Waals surface area (Å²) in [6.07, 6.45) is 0.730. The Balaban J connectivity index is 1.47. The molecule has 148 valence electrons. The van der Waals surface area contributed by atoms with Crippen LogP contribution in [0.1, 0.15) is 31.6 Å². The molecule has 4 rings (SSSR count). The Morgan fingerprint density at radius 1 is 1.07 bits per heavy atom. The first-order chi connectivity index (χ1) is 13.5. The number of hydrogen-bond acceptors (Lipinski definition) is 6. The average Bonchev–Trinajstić information content (AvgIpc) is 3.22. The summed E-state index contributed by atoms with van der Waals surface area (Å²) in [7, 11) is -3.51. The topological polar surface area (TPSA) is 79.5 Å². The highest BCUT2D eigenvalue weighted by atomic mass is 32.2. The van der Waals surface area contributed by atoms with Gasteiger partial charge in [0.2, 0.25) is 15.9 Å². The van der Waals surface area contributed by atoms with Gasteiger partial charge in [-0.05, 0) is 29.8 Å². The third-order valence-electron chi connectivity index (χ3n) is 5.34. The third kappa shape index (κ3) is 3.55. The minimum Gasteiger partial charge on any atom is -0.338 e. The van der Waals surface area contributed by atoms with Crippen molar-refractivity contribution >= 4 is 20.8 Å². The minimum absolute atomic E-state index is 0.0293. The summed E-state index contributed by atoms with van der Waals surface area (Å²) in [5.74, 6) is 1.28. The highest BCUT2D eigenvalue weighted by molar-refractivity contribution is 7.89. The molecule has 2 heterocycles. The molecular formula is C20H24N4O3S. The number of aromatic nitrogens is 2. The average molecular weight is 401 g/mol. The van der Waals surface area contributed by atoms with Gasteiger partial charge in [-0.1, -0.05) is 42.4 Å². The number of hydrogen-bond donors (Lipinski definition) is 0. The zero-order valence-electron chi connectivity index (χ0n) is 16.1. The number of sulfonamides is 1. The van der Waals surface area contributed by atoms with Gasteiger partial charge in [0.25, 0.3) is 0 Å².